The van der Waals surface area contributed by atoms with Crippen LogP contribution in [0.5, 0.6) is 0 Å². The number of carbonyl (C=O) groups is 1. The van der Waals surface area contributed by atoms with Gasteiger partial charge in [-0.1, -0.05) is 18.2 Å². The smallest absolute Gasteiger partial charge is 0.323 e. The Morgan fingerprint density at radius 1 is 1.04 bits per heavy atom. The third-order valence-corrected chi connectivity index (χ3v) is 3.14. The van der Waals surface area contributed by atoms with Gasteiger partial charge in [0.2, 0.25) is 0 Å². The number of urea groups is 1. The molecule has 2 rings (SSSR count). The number of hydrogen-bond donors (Lipinski definition) is 3. The molecule has 0 aliphatic heterocycles. The van der Waals surface area contributed by atoms with Crippen molar-refractivity contribution in [2.24, 2.45) is 0 Å². The molecule has 23 heavy (non-hydrogen) atoms. The first-order valence-electron chi connectivity index (χ1n) is 7.61. The predicted octanol–water partition coefficient (Wildman–Crippen LogP) is 3.09. The van der Waals surface area contributed by atoms with Crippen molar-refractivity contribution in [3.63, 3.8) is 0 Å². The average Bonchev–Trinajstić information content (AvgIpc) is 2.54. The maximum atomic E-state index is 11.9. The number of para-hydroxylation sites is 1. The third-order valence-electron chi connectivity index (χ3n) is 3.14. The predicted molar refractivity (Wildman–Crippen MR) is 95.0 cm³/mol. The molecule has 0 spiro atoms. The lowest BCUT2D eigenvalue weighted by Crippen LogP contribution is -2.19. The highest BCUT2D eigenvalue weighted by molar-refractivity contribution is 5.99. The van der Waals surface area contributed by atoms with Gasteiger partial charge in [0.05, 0.1) is 11.9 Å². The van der Waals surface area contributed by atoms with Crippen molar-refractivity contribution >= 4 is 23.2 Å². The topological polar surface area (TPSA) is 69.3 Å². The number of benzene rings is 1. The van der Waals surface area contributed by atoms with Crippen LogP contribution in [0.15, 0.2) is 48.7 Å². The summed E-state index contributed by atoms with van der Waals surface area (Å²) in [6, 6.07) is 12.7. The molecule has 1 aromatic carbocycles. The quantitative estimate of drug-likeness (QED) is 0.687. The monoisotopic (exact) mass is 313 g/mol. The van der Waals surface area contributed by atoms with Gasteiger partial charge in [-0.25, -0.2) is 9.78 Å². The minimum atomic E-state index is -0.287. The molecule has 0 aliphatic carbocycles. The Morgan fingerprint density at radius 3 is 2.43 bits per heavy atom. The number of pyridine rings is 1. The van der Waals surface area contributed by atoms with E-state index in [1.165, 1.54) is 0 Å². The van der Waals surface area contributed by atoms with E-state index >= 15 is 0 Å². The minimum Gasteiger partial charge on any atom is -0.370 e. The van der Waals surface area contributed by atoms with Gasteiger partial charge in [0, 0.05) is 12.2 Å². The number of nitrogens with zero attached hydrogens (tertiary/aromatic N) is 2. The van der Waals surface area contributed by atoms with Crippen LogP contribution < -0.4 is 16.0 Å². The van der Waals surface area contributed by atoms with Crippen LogP contribution in [0.3, 0.4) is 0 Å². The van der Waals surface area contributed by atoms with Gasteiger partial charge in [0.1, 0.15) is 5.82 Å². The van der Waals surface area contributed by atoms with Gasteiger partial charge >= 0.3 is 6.03 Å². The minimum absolute atomic E-state index is 0.287. The molecule has 1 aromatic heterocycles. The number of rotatable bonds is 7. The highest BCUT2D eigenvalue weighted by Gasteiger charge is 2.03. The summed E-state index contributed by atoms with van der Waals surface area (Å²) < 4.78 is 0. The highest BCUT2D eigenvalue weighted by atomic mass is 16.2. The van der Waals surface area contributed by atoms with Crippen molar-refractivity contribution in [3.8, 4) is 0 Å². The molecule has 2 aromatic rings. The molecule has 0 radical (unpaired) electrons. The Morgan fingerprint density at radius 2 is 1.78 bits per heavy atom. The van der Waals surface area contributed by atoms with Gasteiger partial charge in [-0.05, 0) is 51.3 Å². The standard InChI is InChI=1S/C17H23N5O/c1-22(2)12-6-11-18-16-10-9-15(13-19-16)21-17(23)20-14-7-4-3-5-8-14/h3-5,7-10,13H,6,11-12H2,1-2H3,(H,18,19)(H2,20,21,23). The summed E-state index contributed by atoms with van der Waals surface area (Å²) in [6.45, 7) is 1.90. The SMILES string of the molecule is CN(C)CCCNc1ccc(NC(=O)Nc2ccccc2)cn1. The van der Waals surface area contributed by atoms with Crippen LogP contribution in [0.25, 0.3) is 0 Å². The fourth-order valence-electron chi connectivity index (χ4n) is 2.00. The molecule has 0 saturated heterocycles. The van der Waals surface area contributed by atoms with Gasteiger partial charge in [-0.15, -0.1) is 0 Å². The lowest BCUT2D eigenvalue weighted by molar-refractivity contribution is 0.262. The van der Waals surface area contributed by atoms with Crippen LogP contribution in [-0.4, -0.2) is 43.1 Å². The van der Waals surface area contributed by atoms with E-state index in [4.69, 9.17) is 0 Å². The van der Waals surface area contributed by atoms with Crippen molar-refractivity contribution in [1.29, 1.82) is 0 Å². The van der Waals surface area contributed by atoms with E-state index < -0.39 is 0 Å². The van der Waals surface area contributed by atoms with Gasteiger partial charge < -0.3 is 20.9 Å². The number of carbonyl (C=O) groups excluding carboxylic acids is 1. The number of hydrogen-bond acceptors (Lipinski definition) is 4. The first kappa shape index (κ1) is 16.8. The maximum Gasteiger partial charge on any atom is 0.323 e. The molecular formula is C17H23N5O. The normalized spacial score (nSPS) is 10.4. The van der Waals surface area contributed by atoms with E-state index in [9.17, 15) is 4.79 Å². The number of aromatic nitrogens is 1. The molecular weight excluding hydrogens is 290 g/mol. The van der Waals surface area contributed by atoms with Crippen LogP contribution in [0.4, 0.5) is 22.0 Å². The van der Waals surface area contributed by atoms with Crippen LogP contribution in [0.2, 0.25) is 0 Å². The summed E-state index contributed by atoms with van der Waals surface area (Å²) in [6.07, 6.45) is 2.69. The largest absolute Gasteiger partial charge is 0.370 e. The van der Waals surface area contributed by atoms with E-state index in [0.717, 1.165) is 31.0 Å². The van der Waals surface area contributed by atoms with Crippen molar-refractivity contribution in [2.75, 3.05) is 43.1 Å². The summed E-state index contributed by atoms with van der Waals surface area (Å²) in [5.41, 5.74) is 1.40. The lowest BCUT2D eigenvalue weighted by Gasteiger charge is -2.11. The second kappa shape index (κ2) is 8.75. The van der Waals surface area contributed by atoms with Crippen molar-refractivity contribution < 1.29 is 4.79 Å². The summed E-state index contributed by atoms with van der Waals surface area (Å²) in [7, 11) is 4.11. The van der Waals surface area contributed by atoms with E-state index in [1.807, 2.05) is 42.5 Å². The second-order valence-corrected chi connectivity index (χ2v) is 5.46. The highest BCUT2D eigenvalue weighted by Crippen LogP contribution is 2.11. The Labute approximate surface area is 136 Å². The van der Waals surface area contributed by atoms with E-state index in [0.29, 0.717) is 5.69 Å². The molecule has 3 N–H and O–H groups in total. The van der Waals surface area contributed by atoms with E-state index in [-0.39, 0.29) is 6.03 Å². The number of amides is 2. The molecule has 0 atom stereocenters. The molecule has 6 nitrogen and oxygen atoms in total. The van der Waals surface area contributed by atoms with Gasteiger partial charge in [0.25, 0.3) is 0 Å². The van der Waals surface area contributed by atoms with Crippen LogP contribution in [0.1, 0.15) is 6.42 Å². The lowest BCUT2D eigenvalue weighted by atomic mass is 10.3. The van der Waals surface area contributed by atoms with Crippen LogP contribution in [0, 0.1) is 0 Å². The Balaban J connectivity index is 1.77. The summed E-state index contributed by atoms with van der Waals surface area (Å²) in [5.74, 6) is 0.803. The Bertz CT molecular complexity index is 598. The van der Waals surface area contributed by atoms with Crippen LogP contribution in [-0.2, 0) is 0 Å². The van der Waals surface area contributed by atoms with E-state index in [2.05, 4.69) is 39.9 Å². The van der Waals surface area contributed by atoms with Crippen molar-refractivity contribution in [2.45, 2.75) is 6.42 Å². The average molecular weight is 313 g/mol. The molecule has 0 fully saturated rings. The Hall–Kier alpha value is -2.60. The zero-order valence-electron chi connectivity index (χ0n) is 13.5. The zero-order chi connectivity index (χ0) is 16.5. The third kappa shape index (κ3) is 6.36. The van der Waals surface area contributed by atoms with Crippen molar-refractivity contribution in [3.05, 3.63) is 48.7 Å². The fraction of sp³-hybridized carbons (Fsp3) is 0.294. The van der Waals surface area contributed by atoms with Gasteiger partial charge in [-0.3, -0.25) is 0 Å². The Kier molecular flexibility index (Phi) is 6.38. The van der Waals surface area contributed by atoms with E-state index in [1.54, 1.807) is 6.20 Å². The second-order valence-electron chi connectivity index (χ2n) is 5.46. The molecule has 0 aliphatic rings. The van der Waals surface area contributed by atoms with Crippen LogP contribution >= 0.6 is 0 Å². The first-order chi connectivity index (χ1) is 11.1. The van der Waals surface area contributed by atoms with Crippen molar-refractivity contribution in [1.82, 2.24) is 9.88 Å². The molecule has 6 heteroatoms. The molecule has 122 valence electrons. The molecule has 0 saturated carbocycles. The fourth-order valence-corrected chi connectivity index (χ4v) is 2.00. The summed E-state index contributed by atoms with van der Waals surface area (Å²) in [5, 5.41) is 8.77. The number of anilines is 3. The molecule has 2 amide bonds. The van der Waals surface area contributed by atoms with Gasteiger partial charge in [-0.2, -0.15) is 0 Å². The molecule has 0 bridgehead atoms. The zero-order valence-corrected chi connectivity index (χ0v) is 13.5. The molecule has 0 unspecified atom stereocenters. The maximum absolute atomic E-state index is 11.9. The van der Waals surface area contributed by atoms with Gasteiger partial charge in [0.15, 0.2) is 0 Å². The first-order valence-corrected chi connectivity index (χ1v) is 7.61. The summed E-state index contributed by atoms with van der Waals surface area (Å²) >= 11 is 0. The molecule has 1 heterocycles. The summed E-state index contributed by atoms with van der Waals surface area (Å²) in [4.78, 5) is 18.3. The number of nitrogens with one attached hydrogen (secondary N) is 3.